The van der Waals surface area contributed by atoms with Gasteiger partial charge in [0.1, 0.15) is 0 Å². The summed E-state index contributed by atoms with van der Waals surface area (Å²) >= 11 is 0. The molecule has 0 aromatic carbocycles. The largest absolute Gasteiger partial charge is 0.395 e. The zero-order chi connectivity index (χ0) is 13.8. The third-order valence-electron chi connectivity index (χ3n) is 3.47. The molecule has 0 aromatic rings. The molecule has 0 saturated carbocycles. The Labute approximate surface area is 110 Å². The first-order valence-electron chi connectivity index (χ1n) is 6.29. The van der Waals surface area contributed by atoms with Crippen molar-refractivity contribution in [3.8, 4) is 0 Å². The molecule has 2 unspecified atom stereocenters. The van der Waals surface area contributed by atoms with Crippen LogP contribution in [0, 0.1) is 0 Å². The molecular formula is C11H24N2O4S. The summed E-state index contributed by atoms with van der Waals surface area (Å²) in [6.07, 6.45) is 2.54. The molecule has 7 heteroatoms. The smallest absolute Gasteiger partial charge is 0.282 e. The molecule has 1 aliphatic heterocycles. The van der Waals surface area contributed by atoms with Crippen molar-refractivity contribution in [2.45, 2.75) is 38.3 Å². The monoisotopic (exact) mass is 280 g/mol. The van der Waals surface area contributed by atoms with E-state index in [2.05, 4.69) is 0 Å². The molecule has 1 heterocycles. The lowest BCUT2D eigenvalue weighted by Crippen LogP contribution is -2.53. The number of piperidine rings is 1. The lowest BCUT2D eigenvalue weighted by atomic mass is 10.1. The second-order valence-electron chi connectivity index (χ2n) is 4.77. The molecule has 18 heavy (non-hydrogen) atoms. The fraction of sp³-hybridized carbons (Fsp3) is 1.00. The van der Waals surface area contributed by atoms with Crippen molar-refractivity contribution in [3.63, 3.8) is 0 Å². The summed E-state index contributed by atoms with van der Waals surface area (Å²) in [4.78, 5) is 0. The van der Waals surface area contributed by atoms with Gasteiger partial charge in [0.2, 0.25) is 0 Å². The molecule has 1 rings (SSSR count). The van der Waals surface area contributed by atoms with Gasteiger partial charge < -0.3 is 9.84 Å². The van der Waals surface area contributed by atoms with Gasteiger partial charge in [0.05, 0.1) is 13.2 Å². The molecule has 1 fully saturated rings. The standard InChI is InChI=1S/C11H24N2O4S/c1-10(9-17-3)12(2)18(15,16)13-7-5-4-6-11(13)8-14/h10-11,14H,4-9H2,1-3H3. The Kier molecular flexibility index (Phi) is 6.00. The molecule has 0 aliphatic carbocycles. The highest BCUT2D eigenvalue weighted by Crippen LogP contribution is 2.22. The van der Waals surface area contributed by atoms with E-state index >= 15 is 0 Å². The van der Waals surface area contributed by atoms with Crippen LogP contribution in [-0.2, 0) is 14.9 Å². The third-order valence-corrected chi connectivity index (χ3v) is 5.63. The summed E-state index contributed by atoms with van der Waals surface area (Å²) < 4.78 is 32.6. The molecule has 1 N–H and O–H groups in total. The minimum absolute atomic E-state index is 0.119. The van der Waals surface area contributed by atoms with E-state index in [0.717, 1.165) is 19.3 Å². The maximum atomic E-state index is 12.5. The summed E-state index contributed by atoms with van der Waals surface area (Å²) in [5.41, 5.74) is 0. The van der Waals surface area contributed by atoms with Crippen molar-refractivity contribution in [2.75, 3.05) is 33.9 Å². The van der Waals surface area contributed by atoms with Gasteiger partial charge in [0.25, 0.3) is 10.2 Å². The Balaban J connectivity index is 2.83. The molecule has 0 bridgehead atoms. The SMILES string of the molecule is COCC(C)N(C)S(=O)(=O)N1CCCCC1CO. The van der Waals surface area contributed by atoms with Gasteiger partial charge in [-0.25, -0.2) is 0 Å². The van der Waals surface area contributed by atoms with Crippen molar-refractivity contribution >= 4 is 10.2 Å². The van der Waals surface area contributed by atoms with Crippen molar-refractivity contribution in [1.82, 2.24) is 8.61 Å². The topological polar surface area (TPSA) is 70.1 Å². The summed E-state index contributed by atoms with van der Waals surface area (Å²) in [5.74, 6) is 0. The molecule has 0 spiro atoms. The first-order chi connectivity index (χ1) is 8.45. The first-order valence-corrected chi connectivity index (χ1v) is 7.69. The average molecular weight is 280 g/mol. The van der Waals surface area contributed by atoms with E-state index in [1.807, 2.05) is 0 Å². The summed E-state index contributed by atoms with van der Waals surface area (Å²) in [6.45, 7) is 2.52. The zero-order valence-electron chi connectivity index (χ0n) is 11.4. The second kappa shape index (κ2) is 6.81. The normalized spacial score (nSPS) is 24.4. The van der Waals surface area contributed by atoms with Crippen molar-refractivity contribution in [2.24, 2.45) is 0 Å². The zero-order valence-corrected chi connectivity index (χ0v) is 12.2. The maximum absolute atomic E-state index is 12.5. The van der Waals surface area contributed by atoms with Gasteiger partial charge in [0, 0.05) is 32.8 Å². The van der Waals surface area contributed by atoms with Gasteiger partial charge in [0.15, 0.2) is 0 Å². The van der Waals surface area contributed by atoms with Crippen LogP contribution in [0.15, 0.2) is 0 Å². The lowest BCUT2D eigenvalue weighted by Gasteiger charge is -2.37. The quantitative estimate of drug-likeness (QED) is 0.746. The minimum atomic E-state index is -3.52. The minimum Gasteiger partial charge on any atom is -0.395 e. The number of likely N-dealkylation sites (N-methyl/N-ethyl adjacent to an activating group) is 1. The molecule has 6 nitrogen and oxygen atoms in total. The Morgan fingerprint density at radius 1 is 1.50 bits per heavy atom. The molecule has 0 radical (unpaired) electrons. The van der Waals surface area contributed by atoms with Crippen molar-refractivity contribution < 1.29 is 18.3 Å². The van der Waals surface area contributed by atoms with Gasteiger partial charge in [-0.05, 0) is 19.8 Å². The van der Waals surface area contributed by atoms with Crippen LogP contribution >= 0.6 is 0 Å². The second-order valence-corrected chi connectivity index (χ2v) is 6.71. The van der Waals surface area contributed by atoms with Gasteiger partial charge in [-0.15, -0.1) is 0 Å². The van der Waals surface area contributed by atoms with E-state index in [1.165, 1.54) is 8.61 Å². The lowest BCUT2D eigenvalue weighted by molar-refractivity contribution is 0.128. The van der Waals surface area contributed by atoms with Crippen LogP contribution < -0.4 is 0 Å². The molecule has 0 aromatic heterocycles. The summed E-state index contributed by atoms with van der Waals surface area (Å²) in [5, 5.41) is 9.30. The van der Waals surface area contributed by atoms with Gasteiger partial charge >= 0.3 is 0 Å². The fourth-order valence-corrected chi connectivity index (χ4v) is 3.95. The van der Waals surface area contributed by atoms with E-state index in [0.29, 0.717) is 13.2 Å². The molecule has 108 valence electrons. The van der Waals surface area contributed by atoms with Crippen LogP contribution in [0.5, 0.6) is 0 Å². The van der Waals surface area contributed by atoms with E-state index in [-0.39, 0.29) is 18.7 Å². The van der Waals surface area contributed by atoms with Crippen molar-refractivity contribution in [3.05, 3.63) is 0 Å². The molecule has 1 aliphatic rings. The molecule has 1 saturated heterocycles. The number of nitrogens with zero attached hydrogens (tertiary/aromatic N) is 2. The van der Waals surface area contributed by atoms with Crippen LogP contribution in [0.3, 0.4) is 0 Å². The third kappa shape index (κ3) is 3.42. The van der Waals surface area contributed by atoms with Crippen LogP contribution in [0.25, 0.3) is 0 Å². The van der Waals surface area contributed by atoms with E-state index in [4.69, 9.17) is 4.74 Å². The summed E-state index contributed by atoms with van der Waals surface area (Å²) in [6, 6.07) is -0.512. The van der Waals surface area contributed by atoms with Crippen molar-refractivity contribution in [1.29, 1.82) is 0 Å². The number of hydrogen-bond acceptors (Lipinski definition) is 4. The van der Waals surface area contributed by atoms with Crippen LogP contribution in [0.4, 0.5) is 0 Å². The Hall–Kier alpha value is -0.210. The average Bonchev–Trinajstić information content (AvgIpc) is 2.38. The Morgan fingerprint density at radius 3 is 2.72 bits per heavy atom. The van der Waals surface area contributed by atoms with Gasteiger partial charge in [-0.2, -0.15) is 17.0 Å². The highest BCUT2D eigenvalue weighted by Gasteiger charge is 2.36. The highest BCUT2D eigenvalue weighted by atomic mass is 32.2. The number of hydrogen-bond donors (Lipinski definition) is 1. The molecule has 0 amide bonds. The Morgan fingerprint density at radius 2 is 2.17 bits per heavy atom. The van der Waals surface area contributed by atoms with E-state index < -0.39 is 10.2 Å². The highest BCUT2D eigenvalue weighted by molar-refractivity contribution is 7.86. The Bertz CT molecular complexity index is 347. The molecular weight excluding hydrogens is 256 g/mol. The van der Waals surface area contributed by atoms with E-state index in [9.17, 15) is 13.5 Å². The van der Waals surface area contributed by atoms with Crippen LogP contribution in [-0.4, -0.2) is 68.1 Å². The number of methoxy groups -OCH3 is 1. The molecule has 2 atom stereocenters. The number of rotatable bonds is 6. The van der Waals surface area contributed by atoms with Gasteiger partial charge in [-0.3, -0.25) is 0 Å². The summed E-state index contributed by atoms with van der Waals surface area (Å²) in [7, 11) is -0.410. The number of ether oxygens (including phenoxy) is 1. The van der Waals surface area contributed by atoms with Crippen LogP contribution in [0.2, 0.25) is 0 Å². The maximum Gasteiger partial charge on any atom is 0.282 e. The van der Waals surface area contributed by atoms with Crippen LogP contribution in [0.1, 0.15) is 26.2 Å². The van der Waals surface area contributed by atoms with Gasteiger partial charge in [-0.1, -0.05) is 6.42 Å². The fourth-order valence-electron chi connectivity index (χ4n) is 2.20. The number of aliphatic hydroxyl groups excluding tert-OH is 1. The van der Waals surface area contributed by atoms with E-state index in [1.54, 1.807) is 21.1 Å². The predicted octanol–water partition coefficient (Wildman–Crippen LogP) is 0.0447. The first kappa shape index (κ1) is 15.8. The predicted molar refractivity (Wildman–Crippen MR) is 69.5 cm³/mol. The number of aliphatic hydroxyl groups is 1.